The first kappa shape index (κ1) is 30.8. The highest BCUT2D eigenvalue weighted by atomic mass is 32.2. The maximum atomic E-state index is 14.9. The number of anilines is 2. The molecule has 0 amide bonds. The monoisotopic (exact) mass is 602 g/mol. The van der Waals surface area contributed by atoms with Crippen LogP contribution in [0.25, 0.3) is 22.3 Å². The molecule has 224 valence electrons. The van der Waals surface area contributed by atoms with Crippen molar-refractivity contribution in [1.82, 2.24) is 20.3 Å². The number of halogens is 6. The van der Waals surface area contributed by atoms with Crippen molar-refractivity contribution < 1.29 is 30.6 Å². The van der Waals surface area contributed by atoms with Crippen molar-refractivity contribution in [2.75, 3.05) is 28.9 Å². The van der Waals surface area contributed by atoms with Gasteiger partial charge in [0, 0.05) is 45.6 Å². The van der Waals surface area contributed by atoms with Gasteiger partial charge in [0.2, 0.25) is 12.4 Å². The van der Waals surface area contributed by atoms with E-state index in [4.69, 9.17) is 0 Å². The molecule has 3 aromatic rings. The molecule has 1 aliphatic heterocycles. The Balaban J connectivity index is 1.59. The lowest BCUT2D eigenvalue weighted by Gasteiger charge is -2.38. The Kier molecular flexibility index (Phi) is 8.74. The molecular formula is C27H32F6N6OS. The van der Waals surface area contributed by atoms with Crippen molar-refractivity contribution in [3.05, 3.63) is 41.8 Å². The van der Waals surface area contributed by atoms with Gasteiger partial charge in [-0.1, -0.05) is 26.8 Å². The molecule has 3 atom stereocenters. The summed E-state index contributed by atoms with van der Waals surface area (Å²) in [4.78, 5) is 13.5. The Morgan fingerprint density at radius 2 is 1.95 bits per heavy atom. The molecule has 0 radical (unpaired) electrons. The second kappa shape index (κ2) is 11.6. The molecular weight excluding hydrogens is 570 g/mol. The molecule has 1 unspecified atom stereocenters. The highest BCUT2D eigenvalue weighted by Gasteiger charge is 2.40. The molecule has 1 saturated heterocycles. The molecule has 0 aliphatic carbocycles. The van der Waals surface area contributed by atoms with Crippen LogP contribution in [0.3, 0.4) is 0 Å². The SMILES string of the molecule is C=S(=O)(CCC(F)(F)F)Nc1ccc(-c2cc(C(C)C)c3nc(N[C@@H]4CNC[C@@](C)(C(F)F)C4)ncc3n2)cc1F. The third kappa shape index (κ3) is 7.59. The lowest BCUT2D eigenvalue weighted by Crippen LogP contribution is -2.51. The van der Waals surface area contributed by atoms with Crippen molar-refractivity contribution >= 4 is 38.2 Å². The number of alkyl halides is 5. The van der Waals surface area contributed by atoms with Crippen LogP contribution in [0.4, 0.5) is 38.0 Å². The van der Waals surface area contributed by atoms with E-state index in [-0.39, 0.29) is 36.6 Å². The molecule has 41 heavy (non-hydrogen) atoms. The van der Waals surface area contributed by atoms with Crippen LogP contribution >= 0.6 is 0 Å². The zero-order valence-corrected chi connectivity index (χ0v) is 23.6. The normalized spacial score (nSPS) is 21.3. The minimum atomic E-state index is -4.51. The van der Waals surface area contributed by atoms with E-state index in [1.165, 1.54) is 18.3 Å². The number of fused-ring (bicyclic) bond motifs is 1. The Morgan fingerprint density at radius 3 is 2.59 bits per heavy atom. The second-order valence-corrected chi connectivity index (χ2v) is 13.2. The first-order valence-electron chi connectivity index (χ1n) is 13.0. The first-order valence-corrected chi connectivity index (χ1v) is 14.9. The lowest BCUT2D eigenvalue weighted by atomic mass is 9.81. The van der Waals surface area contributed by atoms with E-state index in [9.17, 15) is 30.6 Å². The van der Waals surface area contributed by atoms with Crippen molar-refractivity contribution in [1.29, 1.82) is 0 Å². The molecule has 7 nitrogen and oxygen atoms in total. The zero-order valence-electron chi connectivity index (χ0n) is 22.8. The van der Waals surface area contributed by atoms with E-state index in [1.807, 2.05) is 13.8 Å². The minimum absolute atomic E-state index is 0.0178. The lowest BCUT2D eigenvalue weighted by molar-refractivity contribution is -0.129. The van der Waals surface area contributed by atoms with Gasteiger partial charge in [-0.2, -0.15) is 13.2 Å². The van der Waals surface area contributed by atoms with Crippen molar-refractivity contribution in [3.63, 3.8) is 0 Å². The maximum Gasteiger partial charge on any atom is 0.390 e. The van der Waals surface area contributed by atoms with E-state index < -0.39 is 45.7 Å². The molecule has 4 rings (SSSR count). The Labute approximate surface area is 234 Å². The van der Waals surface area contributed by atoms with Gasteiger partial charge in [0.1, 0.15) is 11.3 Å². The largest absolute Gasteiger partial charge is 0.390 e. The number of nitrogens with one attached hydrogen (secondary N) is 3. The molecule has 0 spiro atoms. The van der Waals surface area contributed by atoms with Gasteiger partial charge in [-0.05, 0) is 42.0 Å². The van der Waals surface area contributed by atoms with Gasteiger partial charge in [-0.3, -0.25) is 0 Å². The minimum Gasteiger partial charge on any atom is -0.350 e. The smallest absolute Gasteiger partial charge is 0.350 e. The number of piperidine rings is 1. The van der Waals surface area contributed by atoms with Gasteiger partial charge in [-0.15, -0.1) is 0 Å². The number of hydrogen-bond donors (Lipinski definition) is 3. The fourth-order valence-corrected chi connectivity index (χ4v) is 5.91. The summed E-state index contributed by atoms with van der Waals surface area (Å²) in [6, 6.07) is 5.39. The summed E-state index contributed by atoms with van der Waals surface area (Å²) in [6.45, 7) is 6.15. The summed E-state index contributed by atoms with van der Waals surface area (Å²) in [7, 11) is -3.43. The van der Waals surface area contributed by atoms with Gasteiger partial charge in [-0.25, -0.2) is 32.3 Å². The molecule has 3 N–H and O–H groups in total. The molecule has 2 aromatic heterocycles. The van der Waals surface area contributed by atoms with Gasteiger partial charge in [0.25, 0.3) is 0 Å². The summed E-state index contributed by atoms with van der Waals surface area (Å²) in [5.74, 6) is 1.94. The van der Waals surface area contributed by atoms with Crippen molar-refractivity contribution in [2.45, 2.75) is 58.2 Å². The quantitative estimate of drug-likeness (QED) is 0.206. The van der Waals surface area contributed by atoms with Crippen molar-refractivity contribution in [3.8, 4) is 11.3 Å². The van der Waals surface area contributed by atoms with Gasteiger partial charge >= 0.3 is 6.18 Å². The van der Waals surface area contributed by atoms with Crippen LogP contribution in [0.15, 0.2) is 30.5 Å². The molecule has 1 aliphatic rings. The Bertz CT molecular complexity index is 1510. The third-order valence-electron chi connectivity index (χ3n) is 6.97. The van der Waals surface area contributed by atoms with Crippen molar-refractivity contribution in [2.24, 2.45) is 5.41 Å². The van der Waals surface area contributed by atoms with E-state index in [0.29, 0.717) is 28.8 Å². The number of benzene rings is 1. The predicted molar refractivity (Wildman–Crippen MR) is 150 cm³/mol. The van der Waals surface area contributed by atoms with Gasteiger partial charge in [0.05, 0.1) is 29.5 Å². The van der Waals surface area contributed by atoms with E-state index in [0.717, 1.165) is 11.6 Å². The summed E-state index contributed by atoms with van der Waals surface area (Å²) < 4.78 is 94.3. The maximum absolute atomic E-state index is 14.9. The van der Waals surface area contributed by atoms with E-state index in [2.05, 4.69) is 36.2 Å². The zero-order chi connectivity index (χ0) is 30.2. The third-order valence-corrected chi connectivity index (χ3v) is 8.42. The van der Waals surface area contributed by atoms with Crippen LogP contribution in [-0.4, -0.2) is 62.5 Å². The number of pyridine rings is 1. The number of hydrogen-bond acceptors (Lipinski definition) is 6. The highest BCUT2D eigenvalue weighted by molar-refractivity contribution is 8.01. The van der Waals surface area contributed by atoms with E-state index in [1.54, 1.807) is 13.0 Å². The number of rotatable bonds is 9. The topological polar surface area (TPSA) is 91.8 Å². The first-order chi connectivity index (χ1) is 19.1. The summed E-state index contributed by atoms with van der Waals surface area (Å²) in [6.07, 6.45) is -6.54. The van der Waals surface area contributed by atoms with Gasteiger partial charge in [0.15, 0.2) is 0 Å². The second-order valence-electron chi connectivity index (χ2n) is 11.0. The fraction of sp³-hybridized carbons (Fsp3) is 0.481. The summed E-state index contributed by atoms with van der Waals surface area (Å²) in [5.41, 5.74) is 1.18. The van der Waals surface area contributed by atoms with Crippen LogP contribution in [0.1, 0.15) is 45.1 Å². The number of aromatic nitrogens is 3. The molecule has 0 saturated carbocycles. The highest BCUT2D eigenvalue weighted by Crippen LogP contribution is 2.34. The van der Waals surface area contributed by atoms with Gasteiger partial charge < -0.3 is 15.4 Å². The molecule has 3 heterocycles. The van der Waals surface area contributed by atoms with Crippen LogP contribution < -0.4 is 15.4 Å². The van der Waals surface area contributed by atoms with E-state index >= 15 is 0 Å². The average molecular weight is 603 g/mol. The average Bonchev–Trinajstić information content (AvgIpc) is 2.87. The molecule has 14 heteroatoms. The van der Waals surface area contributed by atoms with Crippen LogP contribution in [-0.2, 0) is 9.71 Å². The fourth-order valence-electron chi connectivity index (χ4n) is 4.68. The Hall–Kier alpha value is -3.13. The predicted octanol–water partition coefficient (Wildman–Crippen LogP) is 6.00. The molecule has 0 bridgehead atoms. The van der Waals surface area contributed by atoms with Crippen LogP contribution in [0, 0.1) is 11.2 Å². The van der Waals surface area contributed by atoms with Crippen LogP contribution in [0.5, 0.6) is 0 Å². The standard InChI is InChI=1S/C27H32F6N6OS/c1-15(2)18-10-21(16-5-6-20(19(28)9-16)39-41(4,40)8-7-27(31,32)33)37-22-13-35-25(38-23(18)22)36-17-11-26(3,24(29)30)14-34-12-17/h5-6,9-10,13,15,17,24,34H,4,7-8,11-12,14H2,1-3H3,(H,39,40)(H,35,36,38)/t17-,26-,41?/m0/s1. The van der Waals surface area contributed by atoms with Crippen LogP contribution in [0.2, 0.25) is 0 Å². The Morgan fingerprint density at radius 1 is 1.22 bits per heavy atom. The molecule has 1 aromatic carbocycles. The molecule has 1 fully saturated rings. The number of nitrogens with zero attached hydrogens (tertiary/aromatic N) is 3. The summed E-state index contributed by atoms with van der Waals surface area (Å²) >= 11 is 0. The summed E-state index contributed by atoms with van der Waals surface area (Å²) in [5, 5.41) is 6.19.